The zero-order valence-electron chi connectivity index (χ0n) is 9.89. The number of aromatic amines is 1. The van der Waals surface area contributed by atoms with Crippen LogP contribution < -0.4 is 10.5 Å². The van der Waals surface area contributed by atoms with Gasteiger partial charge in [0, 0.05) is 6.54 Å². The number of benzene rings is 1. The maximum absolute atomic E-state index is 11.5. The first-order valence-electron chi connectivity index (χ1n) is 5.59. The maximum Gasteiger partial charge on any atom is 0.417 e. The summed E-state index contributed by atoms with van der Waals surface area (Å²) in [6.45, 7) is 1.99. The van der Waals surface area contributed by atoms with Gasteiger partial charge >= 0.3 is 5.76 Å². The highest BCUT2D eigenvalue weighted by atomic mass is 32.2. The van der Waals surface area contributed by atoms with Gasteiger partial charge in [-0.1, -0.05) is 13.0 Å². The van der Waals surface area contributed by atoms with Crippen LogP contribution in [-0.2, 0) is 16.6 Å². The lowest BCUT2D eigenvalue weighted by molar-refractivity contribution is 0.554. The van der Waals surface area contributed by atoms with Gasteiger partial charge in [0.05, 0.1) is 11.3 Å². The third-order valence-corrected chi connectivity index (χ3v) is 3.98. The van der Waals surface area contributed by atoms with Crippen LogP contribution in [0.1, 0.15) is 18.9 Å². The van der Waals surface area contributed by atoms with Crippen molar-refractivity contribution in [3.05, 3.63) is 34.3 Å². The predicted octanol–water partition coefficient (Wildman–Crippen LogP) is 0.950. The molecular formula is C11H14N2O4S. The van der Waals surface area contributed by atoms with E-state index in [4.69, 9.17) is 4.42 Å². The summed E-state index contributed by atoms with van der Waals surface area (Å²) in [5.74, 6) is -0.414. The van der Waals surface area contributed by atoms with Gasteiger partial charge in [-0.05, 0) is 24.1 Å². The lowest BCUT2D eigenvalue weighted by atomic mass is 10.2. The van der Waals surface area contributed by atoms with Crippen LogP contribution in [0.2, 0.25) is 0 Å². The summed E-state index contributed by atoms with van der Waals surface area (Å²) in [6, 6.07) is 5.06. The van der Waals surface area contributed by atoms with Gasteiger partial charge in [-0.2, -0.15) is 0 Å². The monoisotopic (exact) mass is 270 g/mol. The summed E-state index contributed by atoms with van der Waals surface area (Å²) in [5, 5.41) is 0. The van der Waals surface area contributed by atoms with Crippen molar-refractivity contribution in [1.29, 1.82) is 0 Å². The first-order valence-corrected chi connectivity index (χ1v) is 7.24. The number of rotatable bonds is 5. The minimum atomic E-state index is -3.23. The van der Waals surface area contributed by atoms with Crippen molar-refractivity contribution in [2.45, 2.75) is 19.9 Å². The van der Waals surface area contributed by atoms with E-state index < -0.39 is 15.8 Å². The molecule has 2 aromatic rings. The van der Waals surface area contributed by atoms with Crippen molar-refractivity contribution in [2.75, 3.05) is 5.75 Å². The molecule has 0 saturated carbocycles. The number of oxazole rings is 1. The van der Waals surface area contributed by atoms with Crippen molar-refractivity contribution in [1.82, 2.24) is 9.71 Å². The van der Waals surface area contributed by atoms with Crippen molar-refractivity contribution in [2.24, 2.45) is 0 Å². The van der Waals surface area contributed by atoms with Crippen molar-refractivity contribution < 1.29 is 12.8 Å². The molecule has 0 saturated heterocycles. The third-order valence-electron chi connectivity index (χ3n) is 2.45. The molecule has 0 atom stereocenters. The number of hydrogen-bond acceptors (Lipinski definition) is 4. The second kappa shape index (κ2) is 4.95. The molecule has 1 heterocycles. The third kappa shape index (κ3) is 2.99. The highest BCUT2D eigenvalue weighted by Crippen LogP contribution is 2.12. The molecule has 0 aliphatic heterocycles. The topological polar surface area (TPSA) is 92.2 Å². The second-order valence-corrected chi connectivity index (χ2v) is 5.91. The largest absolute Gasteiger partial charge is 0.417 e. The van der Waals surface area contributed by atoms with Crippen LogP contribution in [0, 0.1) is 0 Å². The highest BCUT2D eigenvalue weighted by Gasteiger charge is 2.09. The minimum Gasteiger partial charge on any atom is -0.408 e. The molecule has 2 rings (SSSR count). The average molecular weight is 270 g/mol. The molecule has 1 aromatic heterocycles. The summed E-state index contributed by atoms with van der Waals surface area (Å²) < 4.78 is 30.4. The van der Waals surface area contributed by atoms with Crippen LogP contribution in [0.5, 0.6) is 0 Å². The van der Waals surface area contributed by atoms with Crippen molar-refractivity contribution >= 4 is 21.1 Å². The Morgan fingerprint density at radius 3 is 2.89 bits per heavy atom. The SMILES string of the molecule is CCCS(=O)(=O)NCc1ccc2[nH]c(=O)oc2c1. The van der Waals surface area contributed by atoms with E-state index >= 15 is 0 Å². The van der Waals surface area contributed by atoms with Crippen LogP contribution in [0.4, 0.5) is 0 Å². The number of H-pyrrole nitrogens is 1. The molecule has 0 fully saturated rings. The number of hydrogen-bond donors (Lipinski definition) is 2. The van der Waals surface area contributed by atoms with Gasteiger partial charge in [-0.25, -0.2) is 17.9 Å². The quantitative estimate of drug-likeness (QED) is 0.846. The molecule has 98 valence electrons. The average Bonchev–Trinajstić information content (AvgIpc) is 2.65. The fourth-order valence-electron chi connectivity index (χ4n) is 1.63. The van der Waals surface area contributed by atoms with E-state index in [0.29, 0.717) is 17.5 Å². The minimum absolute atomic E-state index is 0.106. The lowest BCUT2D eigenvalue weighted by Gasteiger charge is -2.05. The molecule has 2 N–H and O–H groups in total. The normalized spacial score (nSPS) is 12.1. The Morgan fingerprint density at radius 1 is 1.39 bits per heavy atom. The van der Waals surface area contributed by atoms with E-state index in [1.54, 1.807) is 25.1 Å². The van der Waals surface area contributed by atoms with E-state index in [0.717, 1.165) is 5.56 Å². The van der Waals surface area contributed by atoms with E-state index in [2.05, 4.69) is 9.71 Å². The molecule has 1 aromatic carbocycles. The Hall–Kier alpha value is -1.60. The smallest absolute Gasteiger partial charge is 0.408 e. The van der Waals surface area contributed by atoms with E-state index in [-0.39, 0.29) is 12.3 Å². The van der Waals surface area contributed by atoms with Gasteiger partial charge in [-0.15, -0.1) is 0 Å². The van der Waals surface area contributed by atoms with Crippen LogP contribution >= 0.6 is 0 Å². The van der Waals surface area contributed by atoms with Gasteiger partial charge in [0.2, 0.25) is 10.0 Å². The number of fused-ring (bicyclic) bond motifs is 1. The Morgan fingerprint density at radius 2 is 2.17 bits per heavy atom. The zero-order chi connectivity index (χ0) is 13.2. The molecule has 0 unspecified atom stereocenters. The molecule has 0 radical (unpaired) electrons. The molecule has 7 heteroatoms. The van der Waals surface area contributed by atoms with Crippen LogP contribution in [0.25, 0.3) is 11.1 Å². The molecule has 6 nitrogen and oxygen atoms in total. The van der Waals surface area contributed by atoms with E-state index in [1.165, 1.54) is 0 Å². The van der Waals surface area contributed by atoms with E-state index in [9.17, 15) is 13.2 Å². The molecule has 18 heavy (non-hydrogen) atoms. The fraction of sp³-hybridized carbons (Fsp3) is 0.364. The van der Waals surface area contributed by atoms with Gasteiger partial charge in [0.25, 0.3) is 0 Å². The molecular weight excluding hydrogens is 256 g/mol. The second-order valence-electron chi connectivity index (χ2n) is 3.99. The van der Waals surface area contributed by atoms with Gasteiger partial charge in [-0.3, -0.25) is 4.98 Å². The van der Waals surface area contributed by atoms with Crippen LogP contribution in [0.3, 0.4) is 0 Å². The zero-order valence-corrected chi connectivity index (χ0v) is 10.7. The Balaban J connectivity index is 2.15. The van der Waals surface area contributed by atoms with E-state index in [1.807, 2.05) is 0 Å². The predicted molar refractivity (Wildman–Crippen MR) is 67.8 cm³/mol. The fourth-order valence-corrected chi connectivity index (χ4v) is 2.70. The van der Waals surface area contributed by atoms with Gasteiger partial charge in [0.15, 0.2) is 5.58 Å². The molecule has 0 bridgehead atoms. The number of aromatic nitrogens is 1. The standard InChI is InChI=1S/C11H14N2O4S/c1-2-5-18(15,16)12-7-8-3-4-9-10(6-8)17-11(14)13-9/h3-4,6,12H,2,5,7H2,1H3,(H,13,14). The summed E-state index contributed by atoms with van der Waals surface area (Å²) >= 11 is 0. The first kappa shape index (κ1) is 12.8. The van der Waals surface area contributed by atoms with Crippen LogP contribution in [0.15, 0.2) is 27.4 Å². The summed E-state index contributed by atoms with van der Waals surface area (Å²) in [4.78, 5) is 13.5. The Kier molecular flexibility index (Phi) is 3.53. The molecule has 0 aliphatic carbocycles. The lowest BCUT2D eigenvalue weighted by Crippen LogP contribution is -2.25. The van der Waals surface area contributed by atoms with Gasteiger partial charge < -0.3 is 4.42 Å². The summed E-state index contributed by atoms with van der Waals surface area (Å²) in [5.41, 5.74) is 1.76. The number of nitrogens with one attached hydrogen (secondary N) is 2. The highest BCUT2D eigenvalue weighted by molar-refractivity contribution is 7.89. The van der Waals surface area contributed by atoms with Gasteiger partial charge in [0.1, 0.15) is 0 Å². The first-order chi connectivity index (χ1) is 8.50. The Labute approximate surface area is 104 Å². The number of sulfonamides is 1. The van der Waals surface area contributed by atoms with Crippen molar-refractivity contribution in [3.8, 4) is 0 Å². The van der Waals surface area contributed by atoms with Crippen molar-refractivity contribution in [3.63, 3.8) is 0 Å². The Bertz CT molecular complexity index is 699. The summed E-state index contributed by atoms with van der Waals surface area (Å²) in [7, 11) is -3.23. The molecule has 0 aliphatic rings. The summed E-state index contributed by atoms with van der Waals surface area (Å²) in [6.07, 6.45) is 0.570. The molecule has 0 amide bonds. The maximum atomic E-state index is 11.5. The molecule has 0 spiro atoms. The van der Waals surface area contributed by atoms with Crippen LogP contribution in [-0.4, -0.2) is 19.2 Å².